The minimum absolute atomic E-state index is 0.221. The topological polar surface area (TPSA) is 38.5 Å². The van der Waals surface area contributed by atoms with Gasteiger partial charge >= 0.3 is 0 Å². The normalized spacial score (nSPS) is 20.3. The molecule has 0 saturated carbocycles. The molecule has 1 fully saturated rings. The molecule has 0 radical (unpaired) electrons. The van der Waals surface area contributed by atoms with Crippen molar-refractivity contribution in [2.75, 3.05) is 18.0 Å². The van der Waals surface area contributed by atoms with E-state index in [1.165, 1.54) is 17.7 Å². The van der Waals surface area contributed by atoms with Crippen LogP contribution in [0.2, 0.25) is 0 Å². The molecule has 2 rings (SSSR count). The van der Waals surface area contributed by atoms with Crippen LogP contribution in [-0.2, 0) is 0 Å². The largest absolute Gasteiger partial charge is 0.491 e. The first-order chi connectivity index (χ1) is 8.56. The summed E-state index contributed by atoms with van der Waals surface area (Å²) in [6.45, 7) is 8.31. The van der Waals surface area contributed by atoms with Crippen LogP contribution in [0.1, 0.15) is 32.3 Å². The monoisotopic (exact) mass is 248 g/mol. The molecule has 0 bridgehead atoms. The maximum atomic E-state index is 6.04. The number of benzene rings is 1. The van der Waals surface area contributed by atoms with Crippen molar-refractivity contribution in [2.45, 2.75) is 45.8 Å². The zero-order valence-corrected chi connectivity index (χ0v) is 11.6. The minimum atomic E-state index is 0.221. The summed E-state index contributed by atoms with van der Waals surface area (Å²) in [6, 6.07) is 6.65. The molecule has 0 amide bonds. The van der Waals surface area contributed by atoms with Gasteiger partial charge in [0.2, 0.25) is 0 Å². The summed E-state index contributed by atoms with van der Waals surface area (Å²) in [5.41, 5.74) is 8.60. The third kappa shape index (κ3) is 3.16. The summed E-state index contributed by atoms with van der Waals surface area (Å²) in [4.78, 5) is 2.39. The first-order valence-corrected chi connectivity index (χ1v) is 6.84. The van der Waals surface area contributed by atoms with E-state index >= 15 is 0 Å². The van der Waals surface area contributed by atoms with E-state index in [1.807, 2.05) is 13.8 Å². The van der Waals surface area contributed by atoms with Crippen molar-refractivity contribution in [1.82, 2.24) is 0 Å². The van der Waals surface area contributed by atoms with Gasteiger partial charge < -0.3 is 15.4 Å². The molecular formula is C15H24N2O. The Morgan fingerprint density at radius 2 is 2.17 bits per heavy atom. The van der Waals surface area contributed by atoms with Crippen molar-refractivity contribution >= 4 is 5.69 Å². The molecular weight excluding hydrogens is 224 g/mol. The lowest BCUT2D eigenvalue weighted by atomic mass is 10.0. The van der Waals surface area contributed by atoms with Crippen molar-refractivity contribution in [3.63, 3.8) is 0 Å². The fourth-order valence-electron chi connectivity index (χ4n) is 2.56. The lowest BCUT2D eigenvalue weighted by molar-refractivity contribution is 0.242. The number of nitrogens with two attached hydrogens (primary N) is 1. The molecule has 3 nitrogen and oxygen atoms in total. The Bertz CT molecular complexity index is 403. The molecule has 100 valence electrons. The van der Waals surface area contributed by atoms with Gasteiger partial charge in [0.1, 0.15) is 5.75 Å². The van der Waals surface area contributed by atoms with Gasteiger partial charge in [0.25, 0.3) is 0 Å². The Balaban J connectivity index is 2.13. The van der Waals surface area contributed by atoms with Gasteiger partial charge in [0, 0.05) is 24.8 Å². The molecule has 2 N–H and O–H groups in total. The minimum Gasteiger partial charge on any atom is -0.491 e. The molecule has 0 aromatic heterocycles. The summed E-state index contributed by atoms with van der Waals surface area (Å²) in [6.07, 6.45) is 2.55. The second-order valence-electron chi connectivity index (χ2n) is 5.46. The summed E-state index contributed by atoms with van der Waals surface area (Å²) in [5.74, 6) is 0.951. The highest BCUT2D eigenvalue weighted by Crippen LogP contribution is 2.27. The Kier molecular flexibility index (Phi) is 4.12. The molecule has 18 heavy (non-hydrogen) atoms. The predicted molar refractivity (Wildman–Crippen MR) is 76.4 cm³/mol. The number of anilines is 1. The van der Waals surface area contributed by atoms with Gasteiger partial charge in [-0.1, -0.05) is 0 Å². The van der Waals surface area contributed by atoms with Gasteiger partial charge in [-0.15, -0.1) is 0 Å². The third-order valence-electron chi connectivity index (χ3n) is 3.34. The van der Waals surface area contributed by atoms with Crippen molar-refractivity contribution in [3.8, 4) is 5.75 Å². The van der Waals surface area contributed by atoms with Gasteiger partial charge in [-0.2, -0.15) is 0 Å². The second-order valence-corrected chi connectivity index (χ2v) is 5.46. The van der Waals surface area contributed by atoms with Gasteiger partial charge in [-0.3, -0.25) is 0 Å². The Hall–Kier alpha value is -1.22. The average Bonchev–Trinajstić information content (AvgIpc) is 2.28. The molecule has 1 unspecified atom stereocenters. The van der Waals surface area contributed by atoms with E-state index in [2.05, 4.69) is 30.0 Å². The van der Waals surface area contributed by atoms with Gasteiger partial charge in [0.15, 0.2) is 0 Å². The van der Waals surface area contributed by atoms with Crippen LogP contribution < -0.4 is 15.4 Å². The number of piperidine rings is 1. The Labute approximate surface area is 110 Å². The maximum absolute atomic E-state index is 6.04. The van der Waals surface area contributed by atoms with Crippen LogP contribution in [0.3, 0.4) is 0 Å². The molecule has 3 heteroatoms. The molecule has 0 spiro atoms. The highest BCUT2D eigenvalue weighted by Gasteiger charge is 2.18. The smallest absolute Gasteiger partial charge is 0.120 e. The molecule has 1 aromatic rings. The van der Waals surface area contributed by atoms with E-state index in [1.54, 1.807) is 0 Å². The summed E-state index contributed by atoms with van der Waals surface area (Å²) >= 11 is 0. The molecule has 0 aliphatic carbocycles. The van der Waals surface area contributed by atoms with Crippen LogP contribution in [0.15, 0.2) is 18.2 Å². The van der Waals surface area contributed by atoms with Gasteiger partial charge in [0.05, 0.1) is 6.10 Å². The molecule has 1 aliphatic heterocycles. The lowest BCUT2D eigenvalue weighted by Gasteiger charge is -2.33. The second kappa shape index (κ2) is 5.61. The molecule has 1 saturated heterocycles. The van der Waals surface area contributed by atoms with Crippen LogP contribution in [-0.4, -0.2) is 25.2 Å². The highest BCUT2D eigenvalue weighted by atomic mass is 16.5. The van der Waals surface area contributed by atoms with E-state index < -0.39 is 0 Å². The van der Waals surface area contributed by atoms with E-state index in [-0.39, 0.29) is 6.10 Å². The van der Waals surface area contributed by atoms with Crippen LogP contribution in [0, 0.1) is 6.92 Å². The zero-order valence-electron chi connectivity index (χ0n) is 11.6. The van der Waals surface area contributed by atoms with Crippen LogP contribution in [0.25, 0.3) is 0 Å². The summed E-state index contributed by atoms with van der Waals surface area (Å²) in [5, 5.41) is 0. The summed E-state index contributed by atoms with van der Waals surface area (Å²) < 4.78 is 5.72. The van der Waals surface area contributed by atoms with E-state index in [4.69, 9.17) is 10.5 Å². The molecule has 1 aromatic carbocycles. The fourth-order valence-corrected chi connectivity index (χ4v) is 2.56. The third-order valence-corrected chi connectivity index (χ3v) is 3.34. The van der Waals surface area contributed by atoms with E-state index in [0.717, 1.165) is 25.3 Å². The van der Waals surface area contributed by atoms with Crippen LogP contribution >= 0.6 is 0 Å². The Morgan fingerprint density at radius 3 is 2.78 bits per heavy atom. The fraction of sp³-hybridized carbons (Fsp3) is 0.600. The van der Waals surface area contributed by atoms with Gasteiger partial charge in [-0.05, 0) is 57.4 Å². The number of rotatable bonds is 3. The lowest BCUT2D eigenvalue weighted by Crippen LogP contribution is -2.43. The van der Waals surface area contributed by atoms with Crippen LogP contribution in [0.5, 0.6) is 5.75 Å². The molecule has 1 heterocycles. The number of aryl methyl sites for hydroxylation is 1. The van der Waals surface area contributed by atoms with Crippen molar-refractivity contribution < 1.29 is 4.74 Å². The molecule has 1 atom stereocenters. The van der Waals surface area contributed by atoms with Crippen molar-refractivity contribution in [2.24, 2.45) is 5.73 Å². The number of hydrogen-bond donors (Lipinski definition) is 1. The van der Waals surface area contributed by atoms with E-state index in [9.17, 15) is 0 Å². The van der Waals surface area contributed by atoms with Crippen molar-refractivity contribution in [1.29, 1.82) is 0 Å². The molecule has 1 aliphatic rings. The summed E-state index contributed by atoms with van der Waals surface area (Å²) in [7, 11) is 0. The van der Waals surface area contributed by atoms with E-state index in [0.29, 0.717) is 6.04 Å². The standard InChI is InChI=1S/C15H24N2O/c1-11(2)18-14-6-7-15(12(3)9-14)17-8-4-5-13(16)10-17/h6-7,9,11,13H,4-5,8,10,16H2,1-3H3. The maximum Gasteiger partial charge on any atom is 0.120 e. The van der Waals surface area contributed by atoms with Gasteiger partial charge in [-0.25, -0.2) is 0 Å². The first-order valence-electron chi connectivity index (χ1n) is 6.84. The highest BCUT2D eigenvalue weighted by molar-refractivity contribution is 5.56. The number of nitrogens with zero attached hydrogens (tertiary/aromatic N) is 1. The first kappa shape index (κ1) is 13.2. The zero-order chi connectivity index (χ0) is 13.1. The van der Waals surface area contributed by atoms with Crippen molar-refractivity contribution in [3.05, 3.63) is 23.8 Å². The van der Waals surface area contributed by atoms with Crippen LogP contribution in [0.4, 0.5) is 5.69 Å². The Morgan fingerprint density at radius 1 is 1.39 bits per heavy atom. The number of hydrogen-bond acceptors (Lipinski definition) is 3. The quantitative estimate of drug-likeness (QED) is 0.894. The number of ether oxygens (including phenoxy) is 1. The average molecular weight is 248 g/mol. The SMILES string of the molecule is Cc1cc(OC(C)C)ccc1N1CCCC(N)C1. The predicted octanol–water partition coefficient (Wildman–Crippen LogP) is 2.71.